The van der Waals surface area contributed by atoms with Crippen molar-refractivity contribution in [3.05, 3.63) is 23.3 Å². The molecular formula is C33H50O11. The quantitative estimate of drug-likeness (QED) is 0.129. The number of hydrogen-bond donors (Lipinski definition) is 0. The van der Waals surface area contributed by atoms with E-state index in [1.54, 1.807) is 6.07 Å². The van der Waals surface area contributed by atoms with E-state index in [1.807, 2.05) is 33.8 Å². The molecule has 1 aromatic rings. The van der Waals surface area contributed by atoms with Crippen LogP contribution in [0.5, 0.6) is 11.5 Å². The summed E-state index contributed by atoms with van der Waals surface area (Å²) in [6, 6.07) is 3.51. The third-order valence-corrected chi connectivity index (χ3v) is 7.04. The number of ether oxygens (including phenoxy) is 8. The van der Waals surface area contributed by atoms with Crippen LogP contribution >= 0.6 is 0 Å². The van der Waals surface area contributed by atoms with Crippen LogP contribution in [0.2, 0.25) is 0 Å². The van der Waals surface area contributed by atoms with E-state index in [4.69, 9.17) is 37.9 Å². The molecule has 0 radical (unpaired) electrons. The van der Waals surface area contributed by atoms with Crippen LogP contribution in [0, 0.1) is 12.3 Å². The maximum Gasteiger partial charge on any atom is 0.335 e. The molecule has 1 aromatic carbocycles. The number of aryl methyl sites for hydroxylation is 1. The molecule has 0 aromatic heterocycles. The Hall–Kier alpha value is -2.73. The van der Waals surface area contributed by atoms with Crippen molar-refractivity contribution in [2.75, 3.05) is 66.1 Å². The van der Waals surface area contributed by atoms with Crippen molar-refractivity contribution in [2.45, 2.75) is 84.8 Å². The lowest BCUT2D eigenvalue weighted by atomic mass is 9.87. The van der Waals surface area contributed by atoms with Gasteiger partial charge in [-0.3, -0.25) is 4.79 Å². The van der Waals surface area contributed by atoms with E-state index in [0.717, 1.165) is 31.2 Å². The van der Waals surface area contributed by atoms with Crippen LogP contribution in [-0.4, -0.2) is 96.0 Å². The van der Waals surface area contributed by atoms with Crippen LogP contribution in [0.3, 0.4) is 0 Å². The topological polar surface area (TPSA) is 125 Å². The summed E-state index contributed by atoms with van der Waals surface area (Å²) in [7, 11) is 0. The molecule has 2 aliphatic rings. The van der Waals surface area contributed by atoms with Crippen LogP contribution in [0.1, 0.15) is 81.6 Å². The van der Waals surface area contributed by atoms with Crippen LogP contribution in [-0.2, 0) is 38.0 Å². The summed E-state index contributed by atoms with van der Waals surface area (Å²) >= 11 is 0. The van der Waals surface area contributed by atoms with Gasteiger partial charge in [-0.25, -0.2) is 9.59 Å². The number of hydrogen-bond acceptors (Lipinski definition) is 11. The van der Waals surface area contributed by atoms with Gasteiger partial charge >= 0.3 is 11.9 Å². The Balaban J connectivity index is 1.43. The zero-order valence-electron chi connectivity index (χ0n) is 26.8. The first-order chi connectivity index (χ1) is 21.1. The lowest BCUT2D eigenvalue weighted by Crippen LogP contribution is -2.30. The predicted octanol–water partition coefficient (Wildman–Crippen LogP) is 4.63. The van der Waals surface area contributed by atoms with E-state index in [9.17, 15) is 14.4 Å². The average Bonchev–Trinajstić information content (AvgIpc) is 3.00. The van der Waals surface area contributed by atoms with E-state index >= 15 is 0 Å². The fourth-order valence-electron chi connectivity index (χ4n) is 4.84. The molecule has 0 amide bonds. The Morgan fingerprint density at radius 3 is 1.75 bits per heavy atom. The highest BCUT2D eigenvalue weighted by Crippen LogP contribution is 2.34. The lowest BCUT2D eigenvalue weighted by Gasteiger charge is -2.21. The zero-order valence-corrected chi connectivity index (χ0v) is 26.8. The third kappa shape index (κ3) is 13.1. The molecule has 0 bridgehead atoms. The van der Waals surface area contributed by atoms with Gasteiger partial charge in [-0.05, 0) is 68.6 Å². The molecule has 248 valence electrons. The maximum absolute atomic E-state index is 13.0. The van der Waals surface area contributed by atoms with Crippen LogP contribution in [0.15, 0.2) is 12.1 Å². The van der Waals surface area contributed by atoms with Gasteiger partial charge in [0.25, 0.3) is 0 Å². The fourth-order valence-corrected chi connectivity index (χ4v) is 4.84. The summed E-state index contributed by atoms with van der Waals surface area (Å²) in [6.45, 7) is 10.8. The molecule has 2 saturated heterocycles. The minimum atomic E-state index is -0.480. The van der Waals surface area contributed by atoms with Gasteiger partial charge in [-0.1, -0.05) is 20.8 Å². The predicted molar refractivity (Wildman–Crippen MR) is 161 cm³/mol. The molecular weight excluding hydrogens is 572 g/mol. The number of esters is 2. The molecule has 11 heteroatoms. The first-order valence-electron chi connectivity index (χ1n) is 15.8. The molecule has 44 heavy (non-hydrogen) atoms. The summed E-state index contributed by atoms with van der Waals surface area (Å²) < 4.78 is 44.5. The molecule has 0 aliphatic carbocycles. The van der Waals surface area contributed by atoms with Gasteiger partial charge in [0.1, 0.15) is 26.4 Å². The second-order valence-corrected chi connectivity index (χ2v) is 12.2. The Morgan fingerprint density at radius 2 is 1.25 bits per heavy atom. The van der Waals surface area contributed by atoms with E-state index in [1.165, 1.54) is 0 Å². The summed E-state index contributed by atoms with van der Waals surface area (Å²) in [5, 5.41) is 0. The fraction of sp³-hybridized carbons (Fsp3) is 0.727. The smallest absolute Gasteiger partial charge is 0.335 e. The van der Waals surface area contributed by atoms with Crippen molar-refractivity contribution in [3.8, 4) is 11.5 Å². The second-order valence-electron chi connectivity index (χ2n) is 12.2. The largest absolute Gasteiger partial charge is 0.487 e. The number of Topliss-reactive ketones (excluding diaryl/α,β-unsaturated/α-hetero) is 1. The third-order valence-electron chi connectivity index (χ3n) is 7.04. The molecule has 0 spiro atoms. The minimum absolute atomic E-state index is 0.0218. The van der Waals surface area contributed by atoms with Crippen LogP contribution in [0.25, 0.3) is 0 Å². The van der Waals surface area contributed by atoms with E-state index in [-0.39, 0.29) is 76.0 Å². The van der Waals surface area contributed by atoms with Crippen molar-refractivity contribution in [1.82, 2.24) is 0 Å². The van der Waals surface area contributed by atoms with Crippen molar-refractivity contribution in [1.29, 1.82) is 0 Å². The second kappa shape index (κ2) is 18.9. The monoisotopic (exact) mass is 622 g/mol. The lowest BCUT2D eigenvalue weighted by molar-refractivity contribution is -0.162. The van der Waals surface area contributed by atoms with Gasteiger partial charge < -0.3 is 37.9 Å². The molecule has 0 N–H and O–H groups in total. The summed E-state index contributed by atoms with van der Waals surface area (Å²) in [5.74, 6) is 0.282. The van der Waals surface area contributed by atoms with Crippen molar-refractivity contribution >= 4 is 17.7 Å². The van der Waals surface area contributed by atoms with E-state index in [0.29, 0.717) is 49.5 Å². The molecule has 2 aliphatic heterocycles. The molecule has 2 heterocycles. The van der Waals surface area contributed by atoms with E-state index in [2.05, 4.69) is 0 Å². The van der Waals surface area contributed by atoms with Gasteiger partial charge in [0.05, 0.1) is 26.4 Å². The van der Waals surface area contributed by atoms with Crippen molar-refractivity contribution < 1.29 is 52.3 Å². The van der Waals surface area contributed by atoms with E-state index < -0.39 is 12.2 Å². The minimum Gasteiger partial charge on any atom is -0.487 e. The van der Waals surface area contributed by atoms with Gasteiger partial charge in [0.15, 0.2) is 29.5 Å². The highest BCUT2D eigenvalue weighted by Gasteiger charge is 2.24. The molecule has 3 rings (SSSR count). The zero-order chi connectivity index (χ0) is 31.8. The number of rotatable bonds is 18. The average molecular weight is 623 g/mol. The first-order valence-corrected chi connectivity index (χ1v) is 15.8. The molecule has 2 unspecified atom stereocenters. The molecule has 11 nitrogen and oxygen atoms in total. The summed E-state index contributed by atoms with van der Waals surface area (Å²) in [5.41, 5.74) is 1.16. The number of carbonyl (C=O) groups excluding carboxylic acids is 3. The normalized spacial score (nSPS) is 18.8. The highest BCUT2D eigenvalue weighted by molar-refractivity contribution is 5.97. The Morgan fingerprint density at radius 1 is 0.727 bits per heavy atom. The first kappa shape index (κ1) is 35.7. The highest BCUT2D eigenvalue weighted by atomic mass is 16.6. The van der Waals surface area contributed by atoms with Crippen molar-refractivity contribution in [2.24, 2.45) is 5.41 Å². The Kier molecular flexibility index (Phi) is 15.4. The standard InChI is InChI=1S/C33H50O11/c1-24-21-25(26(34)23-33(2,3)4)22-29(41-17-13-37-15-19-43-31(35)27-9-5-7-11-39-27)30(24)42-18-14-38-16-20-44-32(36)28-10-6-8-12-40-28/h21-22,27-28H,5-20,23H2,1-4H3. The number of benzene rings is 1. The van der Waals surface area contributed by atoms with Gasteiger partial charge in [-0.15, -0.1) is 0 Å². The number of ketones is 1. The summed E-state index contributed by atoms with van der Waals surface area (Å²) in [6.07, 6.45) is 4.68. The molecule has 2 atom stereocenters. The molecule has 0 saturated carbocycles. The molecule has 2 fully saturated rings. The summed E-state index contributed by atoms with van der Waals surface area (Å²) in [4.78, 5) is 37.1. The van der Waals surface area contributed by atoms with Crippen LogP contribution < -0.4 is 9.47 Å². The van der Waals surface area contributed by atoms with Gasteiger partial charge in [0.2, 0.25) is 0 Å². The van der Waals surface area contributed by atoms with Gasteiger partial charge in [-0.2, -0.15) is 0 Å². The SMILES string of the molecule is Cc1cc(C(=O)CC(C)(C)C)cc(OCCOCCOC(=O)C2CCCCO2)c1OCCOCCOC(=O)C1CCCCO1. The van der Waals surface area contributed by atoms with Gasteiger partial charge in [0, 0.05) is 25.2 Å². The van der Waals surface area contributed by atoms with Crippen molar-refractivity contribution in [3.63, 3.8) is 0 Å². The maximum atomic E-state index is 13.0. The Labute approximate surface area is 261 Å². The van der Waals surface area contributed by atoms with Crippen LogP contribution in [0.4, 0.5) is 0 Å². The Bertz CT molecular complexity index is 1040. The number of carbonyl (C=O) groups is 3.